The number of ether oxygens (including phenoxy) is 1. The fourth-order valence-corrected chi connectivity index (χ4v) is 2.19. The molecule has 0 aliphatic carbocycles. The van der Waals surface area contributed by atoms with Crippen LogP contribution in [0.1, 0.15) is 25.6 Å². The molecule has 5 nitrogen and oxygen atoms in total. The molecule has 1 aliphatic rings. The molecule has 19 heavy (non-hydrogen) atoms. The third-order valence-corrected chi connectivity index (χ3v) is 3.31. The minimum absolute atomic E-state index is 0.157. The van der Waals surface area contributed by atoms with Gasteiger partial charge in [-0.2, -0.15) is 4.98 Å². The number of nitrogens with zero attached hydrogens (tertiary/aromatic N) is 2. The highest BCUT2D eigenvalue weighted by Crippen LogP contribution is 2.36. The smallest absolute Gasteiger partial charge is 0.261 e. The first-order valence-corrected chi connectivity index (χ1v) is 6.05. The third kappa shape index (κ3) is 2.08. The second-order valence-electron chi connectivity index (χ2n) is 4.77. The van der Waals surface area contributed by atoms with Crippen LogP contribution >= 0.6 is 0 Å². The highest BCUT2D eigenvalue weighted by molar-refractivity contribution is 5.61. The zero-order valence-corrected chi connectivity index (χ0v) is 10.4. The van der Waals surface area contributed by atoms with Gasteiger partial charge < -0.3 is 14.4 Å². The molecule has 1 fully saturated rings. The van der Waals surface area contributed by atoms with Crippen LogP contribution in [0.15, 0.2) is 22.7 Å². The Kier molecular flexibility index (Phi) is 2.74. The zero-order valence-electron chi connectivity index (χ0n) is 10.4. The van der Waals surface area contributed by atoms with Crippen molar-refractivity contribution in [1.29, 1.82) is 0 Å². The van der Waals surface area contributed by atoms with Crippen molar-refractivity contribution in [2.45, 2.75) is 25.4 Å². The lowest BCUT2D eigenvalue weighted by Gasteiger charge is -2.17. The fraction of sp³-hybridized carbons (Fsp3) is 0.385. The van der Waals surface area contributed by atoms with E-state index >= 15 is 0 Å². The van der Waals surface area contributed by atoms with Crippen LogP contribution in [0.25, 0.3) is 11.5 Å². The second-order valence-corrected chi connectivity index (χ2v) is 4.77. The number of hydrogen-bond donors (Lipinski definition) is 1. The predicted molar refractivity (Wildman–Crippen MR) is 63.9 cm³/mol. The topological polar surface area (TPSA) is 68.4 Å². The minimum atomic E-state index is -0.544. The molecule has 1 N–H and O–H groups in total. The quantitative estimate of drug-likeness (QED) is 0.903. The summed E-state index contributed by atoms with van der Waals surface area (Å²) in [6, 6.07) is 3.64. The van der Waals surface area contributed by atoms with E-state index in [9.17, 15) is 9.50 Å². The molecule has 1 saturated heterocycles. The van der Waals surface area contributed by atoms with Crippen molar-refractivity contribution in [3.8, 4) is 17.2 Å². The standard InChI is InChI=1S/C13H13FN2O3/c1-13(5-2-6-18-13)12-15-11(19-16-12)9-4-3-8(14)7-10(9)17/h3-4,7,17H,2,5-6H2,1H3. The number of phenolic OH excluding ortho intramolecular Hbond substituents is 1. The van der Waals surface area contributed by atoms with Gasteiger partial charge >= 0.3 is 0 Å². The van der Waals surface area contributed by atoms with Crippen LogP contribution in [-0.2, 0) is 10.3 Å². The van der Waals surface area contributed by atoms with Crippen molar-refractivity contribution in [2.75, 3.05) is 6.61 Å². The van der Waals surface area contributed by atoms with Crippen molar-refractivity contribution in [1.82, 2.24) is 10.1 Å². The Morgan fingerprint density at radius 1 is 1.42 bits per heavy atom. The van der Waals surface area contributed by atoms with Gasteiger partial charge in [-0.15, -0.1) is 0 Å². The van der Waals surface area contributed by atoms with Gasteiger partial charge in [0, 0.05) is 12.7 Å². The summed E-state index contributed by atoms with van der Waals surface area (Å²) in [6.07, 6.45) is 1.77. The Hall–Kier alpha value is -1.95. The molecule has 0 bridgehead atoms. The fourth-order valence-electron chi connectivity index (χ4n) is 2.19. The largest absolute Gasteiger partial charge is 0.507 e. The van der Waals surface area contributed by atoms with E-state index in [2.05, 4.69) is 10.1 Å². The Morgan fingerprint density at radius 3 is 2.95 bits per heavy atom. The lowest BCUT2D eigenvalue weighted by Crippen LogP contribution is -2.21. The molecule has 0 radical (unpaired) electrons. The molecule has 3 rings (SSSR count). The minimum Gasteiger partial charge on any atom is -0.507 e. The number of aromatic nitrogens is 2. The second kappa shape index (κ2) is 4.31. The normalized spacial score (nSPS) is 22.8. The summed E-state index contributed by atoms with van der Waals surface area (Å²) in [7, 11) is 0. The maximum Gasteiger partial charge on any atom is 0.261 e. The van der Waals surface area contributed by atoms with Gasteiger partial charge in [0.25, 0.3) is 5.89 Å². The summed E-state index contributed by atoms with van der Waals surface area (Å²) in [5.74, 6) is -0.146. The molecule has 1 aromatic carbocycles. The van der Waals surface area contributed by atoms with Crippen LogP contribution in [0.4, 0.5) is 4.39 Å². The Morgan fingerprint density at radius 2 is 2.26 bits per heavy atom. The summed E-state index contributed by atoms with van der Waals surface area (Å²) < 4.78 is 23.7. The molecule has 6 heteroatoms. The molecule has 0 saturated carbocycles. The number of halogens is 1. The van der Waals surface area contributed by atoms with Crippen LogP contribution in [0.5, 0.6) is 5.75 Å². The predicted octanol–water partition coefficient (Wildman–Crippen LogP) is 2.61. The highest BCUT2D eigenvalue weighted by Gasteiger charge is 2.36. The summed E-state index contributed by atoms with van der Waals surface area (Å²) >= 11 is 0. The Balaban J connectivity index is 1.97. The average molecular weight is 264 g/mol. The summed E-state index contributed by atoms with van der Waals surface area (Å²) in [5, 5.41) is 13.6. The molecule has 1 aromatic heterocycles. The van der Waals surface area contributed by atoms with Crippen LogP contribution < -0.4 is 0 Å². The number of benzene rings is 1. The molecular formula is C13H13FN2O3. The number of hydrogen-bond acceptors (Lipinski definition) is 5. The SMILES string of the molecule is CC1(c2noc(-c3ccc(F)cc3O)n2)CCCO1. The van der Waals surface area contributed by atoms with E-state index in [0.717, 1.165) is 18.9 Å². The van der Waals surface area contributed by atoms with E-state index < -0.39 is 11.4 Å². The summed E-state index contributed by atoms with van der Waals surface area (Å²) in [6.45, 7) is 2.57. The first-order chi connectivity index (χ1) is 9.08. The summed E-state index contributed by atoms with van der Waals surface area (Å²) in [5.41, 5.74) is -0.237. The van der Waals surface area contributed by atoms with Gasteiger partial charge in [0.1, 0.15) is 17.2 Å². The molecule has 1 atom stereocenters. The lowest BCUT2D eigenvalue weighted by molar-refractivity contribution is 0.00768. The summed E-state index contributed by atoms with van der Waals surface area (Å²) in [4.78, 5) is 4.24. The van der Waals surface area contributed by atoms with Crippen molar-refractivity contribution >= 4 is 0 Å². The van der Waals surface area contributed by atoms with E-state index in [1.165, 1.54) is 12.1 Å². The van der Waals surface area contributed by atoms with Gasteiger partial charge in [-0.25, -0.2) is 4.39 Å². The van der Waals surface area contributed by atoms with Crippen molar-refractivity contribution < 1.29 is 18.8 Å². The van der Waals surface area contributed by atoms with E-state index in [1.807, 2.05) is 6.92 Å². The van der Waals surface area contributed by atoms with Gasteiger partial charge in [0.2, 0.25) is 5.82 Å². The van der Waals surface area contributed by atoms with E-state index in [1.54, 1.807) is 0 Å². The monoisotopic (exact) mass is 264 g/mol. The Bertz CT molecular complexity index is 606. The van der Waals surface area contributed by atoms with Crippen LogP contribution in [-0.4, -0.2) is 21.9 Å². The molecule has 1 aliphatic heterocycles. The molecule has 2 aromatic rings. The van der Waals surface area contributed by atoms with Crippen LogP contribution in [0, 0.1) is 5.82 Å². The van der Waals surface area contributed by atoms with Crippen molar-refractivity contribution in [3.05, 3.63) is 29.8 Å². The molecule has 100 valence electrons. The van der Waals surface area contributed by atoms with Crippen LogP contribution in [0.3, 0.4) is 0 Å². The Labute approximate surface area is 109 Å². The average Bonchev–Trinajstić information content (AvgIpc) is 2.99. The molecule has 2 heterocycles. The van der Waals surface area contributed by atoms with Gasteiger partial charge in [0.05, 0.1) is 5.56 Å². The van der Waals surface area contributed by atoms with E-state index in [0.29, 0.717) is 18.0 Å². The number of phenols is 1. The van der Waals surface area contributed by atoms with Gasteiger partial charge in [-0.1, -0.05) is 5.16 Å². The van der Waals surface area contributed by atoms with Crippen molar-refractivity contribution in [2.24, 2.45) is 0 Å². The first-order valence-electron chi connectivity index (χ1n) is 6.05. The number of aromatic hydroxyl groups is 1. The molecular weight excluding hydrogens is 251 g/mol. The maximum absolute atomic E-state index is 12.9. The van der Waals surface area contributed by atoms with E-state index in [4.69, 9.17) is 9.26 Å². The van der Waals surface area contributed by atoms with E-state index in [-0.39, 0.29) is 11.6 Å². The van der Waals surface area contributed by atoms with Gasteiger partial charge in [0.15, 0.2) is 0 Å². The van der Waals surface area contributed by atoms with Gasteiger partial charge in [-0.05, 0) is 31.9 Å². The molecule has 0 amide bonds. The highest BCUT2D eigenvalue weighted by atomic mass is 19.1. The zero-order chi connectivity index (χ0) is 13.5. The number of rotatable bonds is 2. The van der Waals surface area contributed by atoms with Crippen LogP contribution in [0.2, 0.25) is 0 Å². The van der Waals surface area contributed by atoms with Gasteiger partial charge in [-0.3, -0.25) is 0 Å². The maximum atomic E-state index is 12.9. The third-order valence-electron chi connectivity index (χ3n) is 3.31. The molecule has 0 spiro atoms. The lowest BCUT2D eigenvalue weighted by atomic mass is 10.0. The first kappa shape index (κ1) is 12.1. The van der Waals surface area contributed by atoms with Crippen molar-refractivity contribution in [3.63, 3.8) is 0 Å². The molecule has 1 unspecified atom stereocenters.